The van der Waals surface area contributed by atoms with E-state index < -0.39 is 34.0 Å². The molecule has 0 spiro atoms. The van der Waals surface area contributed by atoms with Crippen molar-refractivity contribution in [2.24, 2.45) is 5.92 Å². The molecule has 2 aromatic rings. The Morgan fingerprint density at radius 1 is 1.24 bits per heavy atom. The second-order valence-electron chi connectivity index (χ2n) is 8.94. The third-order valence-corrected chi connectivity index (χ3v) is 7.94. The summed E-state index contributed by atoms with van der Waals surface area (Å²) in [5, 5.41) is 5.98. The molecule has 12 heteroatoms. The number of halogens is 5. The fraction of sp³-hybridized carbons (Fsp3) is 0.500. The second kappa shape index (κ2) is 8.99. The van der Waals surface area contributed by atoms with Gasteiger partial charge >= 0.3 is 6.18 Å². The van der Waals surface area contributed by atoms with Crippen LogP contribution in [0.25, 0.3) is 0 Å². The number of benzene rings is 1. The Morgan fingerprint density at radius 2 is 1.94 bits per heavy atom. The number of nitrogens with zero attached hydrogens (tertiary/aromatic N) is 1. The van der Waals surface area contributed by atoms with Crippen molar-refractivity contribution in [3.05, 3.63) is 45.1 Å². The number of alkyl halides is 3. The molecule has 1 aromatic heterocycles. The fourth-order valence-corrected chi connectivity index (χ4v) is 5.70. The van der Waals surface area contributed by atoms with Crippen LogP contribution in [0.15, 0.2) is 23.6 Å². The fourth-order valence-electron chi connectivity index (χ4n) is 4.92. The molecule has 184 valence electrons. The molecule has 3 fully saturated rings. The minimum Gasteiger partial charge on any atom is -0.484 e. The molecule has 1 aromatic carbocycles. The zero-order valence-corrected chi connectivity index (χ0v) is 19.7. The summed E-state index contributed by atoms with van der Waals surface area (Å²) in [5.41, 5.74) is -1.27. The van der Waals surface area contributed by atoms with Gasteiger partial charge in [-0.05, 0) is 50.2 Å². The number of carbonyl (C=O) groups is 2. The Balaban J connectivity index is 1.34. The lowest BCUT2D eigenvalue weighted by Gasteiger charge is -2.57. The normalized spacial score (nSPS) is 26.2. The molecular formula is C22H22ClF4N3O3S. The quantitative estimate of drug-likeness (QED) is 0.528. The topological polar surface area (TPSA) is 80.3 Å². The van der Waals surface area contributed by atoms with Crippen molar-refractivity contribution in [2.75, 3.05) is 6.61 Å². The molecular weight excluding hydrogens is 498 g/mol. The van der Waals surface area contributed by atoms with Gasteiger partial charge < -0.3 is 15.4 Å². The summed E-state index contributed by atoms with van der Waals surface area (Å²) in [6, 6.07) is 3.92. The average Bonchev–Trinajstić information content (AvgIpc) is 3.27. The Labute approximate surface area is 202 Å². The van der Waals surface area contributed by atoms with Gasteiger partial charge in [-0.1, -0.05) is 18.5 Å². The maximum absolute atomic E-state index is 13.5. The molecule has 1 heterocycles. The number of thiazole rings is 1. The molecule has 5 rings (SSSR count). The standard InChI is InChI=1S/C22H22ClF4N3O3S/c1-12-9-20(30-18(32)16-11-34-19(28-16)22(25,26)27)4-6-21(12,7-5-20)29-17(31)10-33-13-2-3-14(23)15(24)8-13/h2-3,8,11-12H,4-7,9-10H2,1H3,(H,29,31)(H,30,32). The van der Waals surface area contributed by atoms with E-state index >= 15 is 0 Å². The van der Waals surface area contributed by atoms with Crippen molar-refractivity contribution in [3.63, 3.8) is 0 Å². The number of hydrogen-bond donors (Lipinski definition) is 2. The summed E-state index contributed by atoms with van der Waals surface area (Å²) in [5.74, 6) is -1.42. The van der Waals surface area contributed by atoms with Crippen molar-refractivity contribution >= 4 is 34.8 Å². The van der Waals surface area contributed by atoms with Crippen LogP contribution in [0.2, 0.25) is 5.02 Å². The van der Waals surface area contributed by atoms with Gasteiger partial charge in [-0.3, -0.25) is 9.59 Å². The summed E-state index contributed by atoms with van der Waals surface area (Å²) in [6.45, 7) is 1.68. The van der Waals surface area contributed by atoms with E-state index in [1.54, 1.807) is 0 Å². The molecule has 0 saturated heterocycles. The van der Waals surface area contributed by atoms with Crippen LogP contribution in [0.3, 0.4) is 0 Å². The van der Waals surface area contributed by atoms with Crippen molar-refractivity contribution in [2.45, 2.75) is 56.3 Å². The third-order valence-electron chi connectivity index (χ3n) is 6.75. The maximum atomic E-state index is 13.5. The first-order valence-electron chi connectivity index (χ1n) is 10.7. The Kier molecular flexibility index (Phi) is 6.54. The van der Waals surface area contributed by atoms with E-state index in [-0.39, 0.29) is 34.9 Å². The van der Waals surface area contributed by atoms with Gasteiger partial charge in [0.25, 0.3) is 11.8 Å². The first kappa shape index (κ1) is 24.7. The van der Waals surface area contributed by atoms with Crippen LogP contribution >= 0.6 is 22.9 Å². The monoisotopic (exact) mass is 519 g/mol. The predicted octanol–water partition coefficient (Wildman–Crippen LogP) is 4.97. The Hall–Kier alpha value is -2.40. The first-order valence-corrected chi connectivity index (χ1v) is 11.9. The SMILES string of the molecule is CC1CC2(NC(=O)c3csc(C(F)(F)F)n3)CCC1(NC(=O)COc1ccc(Cl)c(F)c1)CC2. The van der Waals surface area contributed by atoms with Gasteiger partial charge in [-0.25, -0.2) is 9.37 Å². The molecule has 2 bridgehead atoms. The number of ether oxygens (including phenoxy) is 1. The van der Waals surface area contributed by atoms with E-state index in [9.17, 15) is 27.2 Å². The average molecular weight is 520 g/mol. The van der Waals surface area contributed by atoms with Gasteiger partial charge in [-0.2, -0.15) is 13.2 Å². The molecule has 3 saturated carbocycles. The number of aromatic nitrogens is 1. The summed E-state index contributed by atoms with van der Waals surface area (Å²) in [6.07, 6.45) is -1.68. The summed E-state index contributed by atoms with van der Waals surface area (Å²) in [7, 11) is 0. The lowest BCUT2D eigenvalue weighted by atomic mass is 9.56. The first-order chi connectivity index (χ1) is 15.9. The molecule has 34 heavy (non-hydrogen) atoms. The van der Waals surface area contributed by atoms with Crippen molar-refractivity contribution in [1.29, 1.82) is 0 Å². The molecule has 2 N–H and O–H groups in total. The third kappa shape index (κ3) is 5.00. The largest absolute Gasteiger partial charge is 0.484 e. The van der Waals surface area contributed by atoms with Gasteiger partial charge in [0.2, 0.25) is 0 Å². The van der Waals surface area contributed by atoms with E-state index in [4.69, 9.17) is 16.3 Å². The molecule has 0 aliphatic heterocycles. The van der Waals surface area contributed by atoms with Crippen molar-refractivity contribution < 1.29 is 31.9 Å². The molecule has 0 radical (unpaired) electrons. The van der Waals surface area contributed by atoms with Crippen LogP contribution in [-0.4, -0.2) is 34.5 Å². The number of carbonyl (C=O) groups excluding carboxylic acids is 2. The minimum atomic E-state index is -4.59. The van der Waals surface area contributed by atoms with Gasteiger partial charge in [0.1, 0.15) is 17.3 Å². The Morgan fingerprint density at radius 3 is 2.53 bits per heavy atom. The lowest BCUT2D eigenvalue weighted by Crippen LogP contribution is -2.67. The highest BCUT2D eigenvalue weighted by Crippen LogP contribution is 2.50. The van der Waals surface area contributed by atoms with E-state index in [1.807, 2.05) is 6.92 Å². The Bertz CT molecular complexity index is 1100. The highest BCUT2D eigenvalue weighted by atomic mass is 35.5. The van der Waals surface area contributed by atoms with E-state index in [0.717, 1.165) is 11.4 Å². The summed E-state index contributed by atoms with van der Waals surface area (Å²) < 4.78 is 57.3. The van der Waals surface area contributed by atoms with E-state index in [2.05, 4.69) is 15.6 Å². The van der Waals surface area contributed by atoms with Crippen LogP contribution < -0.4 is 15.4 Å². The summed E-state index contributed by atoms with van der Waals surface area (Å²) >= 11 is 6.03. The van der Waals surface area contributed by atoms with E-state index in [1.165, 1.54) is 12.1 Å². The molecule has 1 atom stereocenters. The lowest BCUT2D eigenvalue weighted by molar-refractivity contribution is -0.137. The molecule has 3 aliphatic rings. The number of nitrogens with one attached hydrogen (secondary N) is 2. The zero-order valence-electron chi connectivity index (χ0n) is 18.1. The van der Waals surface area contributed by atoms with Crippen LogP contribution in [0.5, 0.6) is 5.75 Å². The second-order valence-corrected chi connectivity index (χ2v) is 10.2. The molecule has 6 nitrogen and oxygen atoms in total. The highest BCUT2D eigenvalue weighted by Gasteiger charge is 2.54. The van der Waals surface area contributed by atoms with Gasteiger partial charge in [0, 0.05) is 22.5 Å². The van der Waals surface area contributed by atoms with Crippen molar-refractivity contribution in [1.82, 2.24) is 15.6 Å². The van der Waals surface area contributed by atoms with Crippen LogP contribution in [0.1, 0.15) is 54.5 Å². The number of fused-ring (bicyclic) bond motifs is 3. The number of rotatable bonds is 6. The van der Waals surface area contributed by atoms with Crippen molar-refractivity contribution in [3.8, 4) is 5.75 Å². The van der Waals surface area contributed by atoms with Crippen LogP contribution in [-0.2, 0) is 11.0 Å². The molecule has 2 amide bonds. The minimum absolute atomic E-state index is 0.00777. The molecule has 3 aliphatic carbocycles. The smallest absolute Gasteiger partial charge is 0.443 e. The van der Waals surface area contributed by atoms with E-state index in [0.29, 0.717) is 43.4 Å². The highest BCUT2D eigenvalue weighted by molar-refractivity contribution is 7.09. The zero-order chi connectivity index (χ0) is 24.7. The number of amides is 2. The predicted molar refractivity (Wildman–Crippen MR) is 117 cm³/mol. The van der Waals surface area contributed by atoms with Crippen LogP contribution in [0, 0.1) is 11.7 Å². The maximum Gasteiger partial charge on any atom is 0.443 e. The van der Waals surface area contributed by atoms with Gasteiger partial charge in [0.05, 0.1) is 5.02 Å². The molecule has 1 unspecified atom stereocenters. The van der Waals surface area contributed by atoms with Crippen LogP contribution in [0.4, 0.5) is 17.6 Å². The van der Waals surface area contributed by atoms with Gasteiger partial charge in [0.15, 0.2) is 11.6 Å². The van der Waals surface area contributed by atoms with Gasteiger partial charge in [-0.15, -0.1) is 11.3 Å². The summed E-state index contributed by atoms with van der Waals surface area (Å²) in [4.78, 5) is 28.6. The number of hydrogen-bond acceptors (Lipinski definition) is 5.